The number of H-pyrrole nitrogens is 1. The van der Waals surface area contributed by atoms with E-state index in [0.29, 0.717) is 4.90 Å². The zero-order valence-electron chi connectivity index (χ0n) is 14.6. The molecule has 0 radical (unpaired) electrons. The highest BCUT2D eigenvalue weighted by Gasteiger charge is 2.21. The summed E-state index contributed by atoms with van der Waals surface area (Å²) in [7, 11) is 1.83. The Labute approximate surface area is 150 Å². The van der Waals surface area contributed by atoms with Gasteiger partial charge >= 0.3 is 0 Å². The van der Waals surface area contributed by atoms with Crippen molar-refractivity contribution in [2.75, 3.05) is 12.1 Å². The van der Waals surface area contributed by atoms with Crippen molar-refractivity contribution in [3.8, 4) is 0 Å². The third-order valence-corrected chi connectivity index (χ3v) is 5.65. The number of hydrazone groups is 1. The van der Waals surface area contributed by atoms with Crippen molar-refractivity contribution in [2.24, 2.45) is 5.10 Å². The number of fused-ring (bicyclic) bond motifs is 1. The minimum atomic E-state index is -0.172. The first-order valence-electron chi connectivity index (χ1n) is 7.81. The van der Waals surface area contributed by atoms with Gasteiger partial charge in [-0.05, 0) is 25.0 Å². The normalized spacial score (nSPS) is 12.9. The Morgan fingerprint density at radius 1 is 1.29 bits per heavy atom. The zero-order valence-corrected chi connectivity index (χ0v) is 16.2. The monoisotopic (exact) mass is 362 g/mol. The Hall–Kier alpha value is -1.73. The van der Waals surface area contributed by atoms with Crippen LogP contribution in [0.15, 0.2) is 39.2 Å². The standard InChI is InChI=1S/C15H16N4OS2.C2H6/c1-9-4-5-11(10(2)6-9)8-21-15-18-19(3)12-7-16-17-14(20)13(12)22-15;1-2/h4-7H,8H2,1-3H3,(H,17,20);1-2H3. The van der Waals surface area contributed by atoms with Gasteiger partial charge in [0, 0.05) is 12.8 Å². The lowest BCUT2D eigenvalue weighted by Crippen LogP contribution is -2.22. The molecule has 0 saturated heterocycles. The fraction of sp³-hybridized carbons (Fsp3) is 0.353. The van der Waals surface area contributed by atoms with Crippen molar-refractivity contribution >= 4 is 33.6 Å². The molecule has 24 heavy (non-hydrogen) atoms. The van der Waals surface area contributed by atoms with Gasteiger partial charge in [-0.1, -0.05) is 61.1 Å². The molecule has 0 aliphatic carbocycles. The molecule has 2 aromatic rings. The fourth-order valence-electron chi connectivity index (χ4n) is 2.20. The summed E-state index contributed by atoms with van der Waals surface area (Å²) in [5.74, 6) is 0.837. The first kappa shape index (κ1) is 18.6. The van der Waals surface area contributed by atoms with Gasteiger partial charge < -0.3 is 0 Å². The SMILES string of the molecule is CC.Cc1ccc(CSC2=NN(C)c3cn[nH]c(=O)c3S2)c(C)c1. The molecule has 2 heterocycles. The van der Waals surface area contributed by atoms with Crippen molar-refractivity contribution < 1.29 is 0 Å². The molecule has 5 nitrogen and oxygen atoms in total. The van der Waals surface area contributed by atoms with Crippen molar-refractivity contribution in [1.29, 1.82) is 0 Å². The number of aryl methyl sites for hydroxylation is 2. The second-order valence-electron chi connectivity index (χ2n) is 5.12. The number of rotatable bonds is 2. The molecule has 1 N–H and O–H groups in total. The number of benzene rings is 1. The molecule has 1 aliphatic heterocycles. The van der Waals surface area contributed by atoms with Crippen molar-refractivity contribution in [2.45, 2.75) is 38.3 Å². The maximum Gasteiger partial charge on any atom is 0.280 e. The van der Waals surface area contributed by atoms with Gasteiger partial charge in [0.15, 0.2) is 4.38 Å². The van der Waals surface area contributed by atoms with Crippen LogP contribution in [0.2, 0.25) is 0 Å². The Balaban J connectivity index is 0.00000100. The summed E-state index contributed by atoms with van der Waals surface area (Å²) in [5, 5.41) is 12.5. The van der Waals surface area contributed by atoms with Gasteiger partial charge in [-0.3, -0.25) is 9.80 Å². The Kier molecular flexibility index (Phi) is 6.51. The third kappa shape index (κ3) is 4.21. The Morgan fingerprint density at radius 2 is 2.04 bits per heavy atom. The summed E-state index contributed by atoms with van der Waals surface area (Å²) in [5.41, 5.74) is 4.41. The molecule has 1 aromatic heterocycles. The Bertz CT molecular complexity index is 801. The van der Waals surface area contributed by atoms with E-state index in [0.717, 1.165) is 15.8 Å². The predicted octanol–water partition coefficient (Wildman–Crippen LogP) is 4.16. The van der Waals surface area contributed by atoms with Crippen LogP contribution in [-0.4, -0.2) is 21.6 Å². The van der Waals surface area contributed by atoms with Crippen LogP contribution in [0.1, 0.15) is 30.5 Å². The molecular weight excluding hydrogens is 340 g/mol. The maximum absolute atomic E-state index is 11.9. The smallest absolute Gasteiger partial charge is 0.267 e. The molecule has 0 unspecified atom stereocenters. The summed E-state index contributed by atoms with van der Waals surface area (Å²) in [6.45, 7) is 8.22. The highest BCUT2D eigenvalue weighted by Crippen LogP contribution is 2.36. The number of aromatic nitrogens is 2. The highest BCUT2D eigenvalue weighted by atomic mass is 32.2. The van der Waals surface area contributed by atoms with E-state index >= 15 is 0 Å². The molecule has 3 rings (SSSR count). The van der Waals surface area contributed by atoms with Gasteiger partial charge in [0.25, 0.3) is 5.56 Å². The van der Waals surface area contributed by atoms with Gasteiger partial charge in [0.2, 0.25) is 0 Å². The number of anilines is 1. The van der Waals surface area contributed by atoms with Crippen LogP contribution < -0.4 is 10.6 Å². The molecule has 0 atom stereocenters. The van der Waals surface area contributed by atoms with E-state index in [1.165, 1.54) is 28.5 Å². The van der Waals surface area contributed by atoms with E-state index in [9.17, 15) is 4.79 Å². The summed E-state index contributed by atoms with van der Waals surface area (Å²) < 4.78 is 0.867. The lowest BCUT2D eigenvalue weighted by Gasteiger charge is -2.22. The predicted molar refractivity (Wildman–Crippen MR) is 105 cm³/mol. The molecule has 0 amide bonds. The number of nitrogens with zero attached hydrogens (tertiary/aromatic N) is 3. The third-order valence-electron chi connectivity index (χ3n) is 3.41. The van der Waals surface area contributed by atoms with E-state index in [-0.39, 0.29) is 5.56 Å². The molecule has 1 aliphatic rings. The van der Waals surface area contributed by atoms with Gasteiger partial charge in [0.1, 0.15) is 4.90 Å². The summed E-state index contributed by atoms with van der Waals surface area (Å²) in [4.78, 5) is 12.5. The molecule has 0 fully saturated rings. The average Bonchev–Trinajstić information content (AvgIpc) is 2.57. The number of hydrogen-bond acceptors (Lipinski definition) is 6. The van der Waals surface area contributed by atoms with Gasteiger partial charge in [-0.15, -0.1) is 0 Å². The molecule has 7 heteroatoms. The van der Waals surface area contributed by atoms with Crippen molar-refractivity contribution in [3.05, 3.63) is 51.4 Å². The maximum atomic E-state index is 11.9. The van der Waals surface area contributed by atoms with E-state index in [1.807, 2.05) is 20.9 Å². The van der Waals surface area contributed by atoms with Gasteiger partial charge in [0.05, 0.1) is 11.9 Å². The molecule has 0 spiro atoms. The highest BCUT2D eigenvalue weighted by molar-refractivity contribution is 8.38. The zero-order chi connectivity index (χ0) is 17.7. The number of thioether (sulfide) groups is 2. The number of nitrogens with one attached hydrogen (secondary N) is 1. The average molecular weight is 363 g/mol. The first-order valence-corrected chi connectivity index (χ1v) is 9.61. The largest absolute Gasteiger partial charge is 0.280 e. The van der Waals surface area contributed by atoms with Gasteiger partial charge in [-0.25, -0.2) is 5.10 Å². The van der Waals surface area contributed by atoms with E-state index in [1.54, 1.807) is 23.0 Å². The van der Waals surface area contributed by atoms with Crippen molar-refractivity contribution in [3.63, 3.8) is 0 Å². The van der Waals surface area contributed by atoms with Crippen LogP contribution in [0.3, 0.4) is 0 Å². The molecule has 1 aromatic carbocycles. The molecular formula is C17H22N4OS2. The quantitative estimate of drug-likeness (QED) is 0.869. The number of hydrogen-bond donors (Lipinski definition) is 1. The van der Waals surface area contributed by atoms with Crippen LogP contribution in [0.4, 0.5) is 5.69 Å². The fourth-order valence-corrected chi connectivity index (χ4v) is 4.41. The van der Waals surface area contributed by atoms with Crippen LogP contribution in [0.25, 0.3) is 0 Å². The van der Waals surface area contributed by atoms with Crippen LogP contribution in [0.5, 0.6) is 0 Å². The molecule has 0 saturated carbocycles. The van der Waals surface area contributed by atoms with E-state index in [2.05, 4.69) is 47.3 Å². The minimum Gasteiger partial charge on any atom is -0.267 e. The topological polar surface area (TPSA) is 61.4 Å². The summed E-state index contributed by atoms with van der Waals surface area (Å²) in [6.07, 6.45) is 1.62. The second kappa shape index (κ2) is 8.39. The van der Waals surface area contributed by atoms with E-state index < -0.39 is 0 Å². The minimum absolute atomic E-state index is 0.172. The summed E-state index contributed by atoms with van der Waals surface area (Å²) >= 11 is 3.05. The van der Waals surface area contributed by atoms with Crippen molar-refractivity contribution in [1.82, 2.24) is 10.2 Å². The molecule has 0 bridgehead atoms. The van der Waals surface area contributed by atoms with Gasteiger partial charge in [-0.2, -0.15) is 10.2 Å². The second-order valence-corrected chi connectivity index (χ2v) is 7.35. The summed E-state index contributed by atoms with van der Waals surface area (Å²) in [6, 6.07) is 6.46. The van der Waals surface area contributed by atoms with Crippen LogP contribution in [-0.2, 0) is 5.75 Å². The van der Waals surface area contributed by atoms with E-state index in [4.69, 9.17) is 0 Å². The molecule has 128 valence electrons. The lowest BCUT2D eigenvalue weighted by atomic mass is 10.1. The first-order chi connectivity index (χ1) is 11.5. The Morgan fingerprint density at radius 3 is 2.75 bits per heavy atom. The van der Waals surface area contributed by atoms with Crippen LogP contribution >= 0.6 is 23.5 Å². The number of aromatic amines is 1. The lowest BCUT2D eigenvalue weighted by molar-refractivity contribution is 0.899. The van der Waals surface area contributed by atoms with Crippen LogP contribution in [0, 0.1) is 13.8 Å².